The van der Waals surface area contributed by atoms with Crippen LogP contribution in [0.1, 0.15) is 24.7 Å². The normalized spacial score (nSPS) is 12.0. The van der Waals surface area contributed by atoms with E-state index in [1.54, 1.807) is 4.68 Å². The third-order valence-corrected chi connectivity index (χ3v) is 3.85. The van der Waals surface area contributed by atoms with Gasteiger partial charge in [0.05, 0.1) is 22.7 Å². The van der Waals surface area contributed by atoms with Crippen molar-refractivity contribution >= 4 is 21.6 Å². The Morgan fingerprint density at radius 2 is 2.05 bits per heavy atom. The Morgan fingerprint density at radius 1 is 1.37 bits per heavy atom. The fraction of sp³-hybridized carbons (Fsp3) is 0.727. The SMILES string of the molecule is CCc1nn(C)c(CNCCCNS(C)(=O)=O)c1Cl. The predicted molar refractivity (Wildman–Crippen MR) is 76.8 cm³/mol. The molecule has 0 saturated carbocycles. The summed E-state index contributed by atoms with van der Waals surface area (Å²) in [5.74, 6) is 0. The first-order valence-corrected chi connectivity index (χ1v) is 8.47. The van der Waals surface area contributed by atoms with E-state index in [1.807, 2.05) is 14.0 Å². The van der Waals surface area contributed by atoms with Crippen LogP contribution in [-0.2, 0) is 30.0 Å². The quantitative estimate of drug-likeness (QED) is 0.692. The molecule has 0 aliphatic rings. The Kier molecular flexibility index (Phi) is 6.25. The van der Waals surface area contributed by atoms with Crippen LogP contribution in [0.5, 0.6) is 0 Å². The number of nitrogens with one attached hydrogen (secondary N) is 2. The van der Waals surface area contributed by atoms with Crippen LogP contribution in [0.3, 0.4) is 0 Å². The molecule has 0 radical (unpaired) electrons. The Hall–Kier alpha value is -0.630. The number of sulfonamides is 1. The molecule has 0 spiro atoms. The van der Waals surface area contributed by atoms with Gasteiger partial charge in [0.25, 0.3) is 0 Å². The average Bonchev–Trinajstić information content (AvgIpc) is 2.58. The average molecular weight is 309 g/mol. The van der Waals surface area contributed by atoms with E-state index in [9.17, 15) is 8.42 Å². The number of rotatable bonds is 8. The van der Waals surface area contributed by atoms with Crippen LogP contribution in [0, 0.1) is 0 Å². The molecule has 0 amide bonds. The molecule has 6 nitrogen and oxygen atoms in total. The highest BCUT2D eigenvalue weighted by Gasteiger charge is 2.11. The second-order valence-corrected chi connectivity index (χ2v) is 6.59. The summed E-state index contributed by atoms with van der Waals surface area (Å²) in [6.45, 7) is 3.79. The van der Waals surface area contributed by atoms with Gasteiger partial charge in [-0.15, -0.1) is 0 Å². The lowest BCUT2D eigenvalue weighted by Gasteiger charge is -2.06. The number of nitrogens with zero attached hydrogens (tertiary/aromatic N) is 2. The van der Waals surface area contributed by atoms with E-state index >= 15 is 0 Å². The zero-order valence-corrected chi connectivity index (χ0v) is 13.1. The predicted octanol–water partition coefficient (Wildman–Crippen LogP) is 0.665. The van der Waals surface area contributed by atoms with Gasteiger partial charge in [-0.2, -0.15) is 5.10 Å². The van der Waals surface area contributed by atoms with Crippen molar-refractivity contribution < 1.29 is 8.42 Å². The van der Waals surface area contributed by atoms with Gasteiger partial charge >= 0.3 is 0 Å². The molecule has 1 aromatic heterocycles. The summed E-state index contributed by atoms with van der Waals surface area (Å²) in [5, 5.41) is 8.27. The molecule has 0 aliphatic heterocycles. The number of hydrogen-bond donors (Lipinski definition) is 2. The summed E-state index contributed by atoms with van der Waals surface area (Å²) in [7, 11) is -1.22. The molecule has 0 fully saturated rings. The lowest BCUT2D eigenvalue weighted by Crippen LogP contribution is -2.26. The summed E-state index contributed by atoms with van der Waals surface area (Å²) < 4.78 is 25.9. The van der Waals surface area contributed by atoms with E-state index in [4.69, 9.17) is 11.6 Å². The largest absolute Gasteiger partial charge is 0.311 e. The fourth-order valence-electron chi connectivity index (χ4n) is 1.69. The van der Waals surface area contributed by atoms with Gasteiger partial charge in [-0.3, -0.25) is 4.68 Å². The molecule has 0 unspecified atom stereocenters. The third-order valence-electron chi connectivity index (χ3n) is 2.69. The van der Waals surface area contributed by atoms with Crippen molar-refractivity contribution in [3.63, 3.8) is 0 Å². The second kappa shape index (κ2) is 7.23. The van der Waals surface area contributed by atoms with Crippen molar-refractivity contribution in [3.05, 3.63) is 16.4 Å². The van der Waals surface area contributed by atoms with Crippen molar-refractivity contribution in [2.75, 3.05) is 19.3 Å². The molecule has 2 N–H and O–H groups in total. The molecule has 0 bridgehead atoms. The first-order valence-electron chi connectivity index (χ1n) is 6.20. The molecule has 1 heterocycles. The molecule has 0 atom stereocenters. The summed E-state index contributed by atoms with van der Waals surface area (Å²) >= 11 is 6.21. The minimum atomic E-state index is -3.09. The van der Waals surface area contributed by atoms with Crippen molar-refractivity contribution in [2.24, 2.45) is 7.05 Å². The summed E-state index contributed by atoms with van der Waals surface area (Å²) in [5.41, 5.74) is 1.86. The van der Waals surface area contributed by atoms with Crippen molar-refractivity contribution in [1.29, 1.82) is 0 Å². The highest BCUT2D eigenvalue weighted by molar-refractivity contribution is 7.88. The molecule has 0 saturated heterocycles. The molecule has 0 aliphatic carbocycles. The van der Waals surface area contributed by atoms with E-state index < -0.39 is 10.0 Å². The first-order chi connectivity index (χ1) is 8.85. The summed E-state index contributed by atoms with van der Waals surface area (Å²) in [6.07, 6.45) is 2.69. The Balaban J connectivity index is 2.32. The lowest BCUT2D eigenvalue weighted by molar-refractivity contribution is 0.574. The first kappa shape index (κ1) is 16.4. The monoisotopic (exact) mass is 308 g/mol. The summed E-state index contributed by atoms with van der Waals surface area (Å²) in [6, 6.07) is 0. The third kappa shape index (κ3) is 5.48. The topological polar surface area (TPSA) is 76.0 Å². The second-order valence-electron chi connectivity index (χ2n) is 4.38. The van der Waals surface area contributed by atoms with E-state index in [-0.39, 0.29) is 0 Å². The van der Waals surface area contributed by atoms with Crippen LogP contribution in [-0.4, -0.2) is 37.5 Å². The van der Waals surface area contributed by atoms with E-state index in [1.165, 1.54) is 0 Å². The van der Waals surface area contributed by atoms with Crippen LogP contribution in [0.25, 0.3) is 0 Å². The minimum Gasteiger partial charge on any atom is -0.311 e. The molecule has 1 rings (SSSR count). The van der Waals surface area contributed by atoms with Crippen LogP contribution >= 0.6 is 11.6 Å². The molecule has 0 aromatic carbocycles. The Labute approximate surface area is 119 Å². The highest BCUT2D eigenvalue weighted by atomic mass is 35.5. The van der Waals surface area contributed by atoms with Crippen LogP contribution < -0.4 is 10.0 Å². The van der Waals surface area contributed by atoms with Gasteiger partial charge in [-0.1, -0.05) is 18.5 Å². The summed E-state index contributed by atoms with van der Waals surface area (Å²) in [4.78, 5) is 0. The van der Waals surface area contributed by atoms with Gasteiger partial charge in [0, 0.05) is 20.1 Å². The van der Waals surface area contributed by atoms with Crippen LogP contribution in [0.2, 0.25) is 5.02 Å². The van der Waals surface area contributed by atoms with Crippen molar-refractivity contribution in [2.45, 2.75) is 26.3 Å². The minimum absolute atomic E-state index is 0.436. The van der Waals surface area contributed by atoms with Gasteiger partial charge in [-0.25, -0.2) is 13.1 Å². The van der Waals surface area contributed by atoms with Crippen LogP contribution in [0.4, 0.5) is 0 Å². The van der Waals surface area contributed by atoms with E-state index in [0.717, 1.165) is 30.5 Å². The van der Waals surface area contributed by atoms with E-state index in [2.05, 4.69) is 15.1 Å². The van der Waals surface area contributed by atoms with Crippen molar-refractivity contribution in [3.8, 4) is 0 Å². The lowest BCUT2D eigenvalue weighted by atomic mass is 10.3. The molecule has 110 valence electrons. The maximum Gasteiger partial charge on any atom is 0.208 e. The van der Waals surface area contributed by atoms with Crippen LogP contribution in [0.15, 0.2) is 0 Å². The Morgan fingerprint density at radius 3 is 2.58 bits per heavy atom. The fourth-order valence-corrected chi connectivity index (χ4v) is 2.57. The van der Waals surface area contributed by atoms with Gasteiger partial charge in [-0.05, 0) is 19.4 Å². The maximum absolute atomic E-state index is 10.8. The molecule has 1 aromatic rings. The number of hydrogen-bond acceptors (Lipinski definition) is 4. The van der Waals surface area contributed by atoms with Gasteiger partial charge in [0.1, 0.15) is 0 Å². The Bertz CT molecular complexity index is 513. The number of halogens is 1. The van der Waals surface area contributed by atoms with E-state index in [0.29, 0.717) is 24.7 Å². The molecular weight excluding hydrogens is 288 g/mol. The molecule has 19 heavy (non-hydrogen) atoms. The van der Waals surface area contributed by atoms with Gasteiger partial charge < -0.3 is 5.32 Å². The van der Waals surface area contributed by atoms with Gasteiger partial charge in [0.2, 0.25) is 10.0 Å². The zero-order valence-electron chi connectivity index (χ0n) is 11.5. The maximum atomic E-state index is 10.8. The van der Waals surface area contributed by atoms with Crippen molar-refractivity contribution in [1.82, 2.24) is 19.8 Å². The number of aryl methyl sites for hydroxylation is 2. The molecule has 8 heteroatoms. The smallest absolute Gasteiger partial charge is 0.208 e. The highest BCUT2D eigenvalue weighted by Crippen LogP contribution is 2.20. The van der Waals surface area contributed by atoms with Gasteiger partial charge in [0.15, 0.2) is 0 Å². The standard InChI is InChI=1S/C11H21ClN4O2S/c1-4-9-11(12)10(16(2)15-9)8-13-6-5-7-14-19(3,17)18/h13-14H,4-8H2,1-3H3. The molecular formula is C11H21ClN4O2S. The number of aromatic nitrogens is 2. The zero-order chi connectivity index (χ0) is 14.5.